The van der Waals surface area contributed by atoms with Crippen molar-refractivity contribution in [3.05, 3.63) is 51.2 Å². The van der Waals surface area contributed by atoms with Gasteiger partial charge in [0.25, 0.3) is 5.91 Å². The maximum absolute atomic E-state index is 12.3. The van der Waals surface area contributed by atoms with Crippen molar-refractivity contribution >= 4 is 22.9 Å². The standard InChI is InChI=1S/C16H18N2OS/c1-10-13(17)9-15(20-10)16(19)18-14-8-4-6-11-5-2-3-7-12(11)14/h2-3,5,7,9,14H,4,6,8,17H2,1H3,(H,18,19). The van der Waals surface area contributed by atoms with Crippen LogP contribution in [0, 0.1) is 6.92 Å². The number of anilines is 1. The zero-order valence-corrected chi connectivity index (χ0v) is 12.3. The largest absolute Gasteiger partial charge is 0.398 e. The van der Waals surface area contributed by atoms with Crippen LogP contribution in [0.15, 0.2) is 30.3 Å². The number of nitrogen functional groups attached to an aromatic ring is 1. The maximum atomic E-state index is 12.3. The quantitative estimate of drug-likeness (QED) is 0.888. The average molecular weight is 286 g/mol. The van der Waals surface area contributed by atoms with Crippen molar-refractivity contribution in [3.63, 3.8) is 0 Å². The van der Waals surface area contributed by atoms with Gasteiger partial charge in [-0.1, -0.05) is 24.3 Å². The fourth-order valence-corrected chi connectivity index (χ4v) is 3.59. The molecular formula is C16H18N2OS. The SMILES string of the molecule is Cc1sc(C(=O)NC2CCCc3ccccc32)cc1N. The van der Waals surface area contributed by atoms with Gasteiger partial charge in [0.1, 0.15) is 0 Å². The van der Waals surface area contributed by atoms with Gasteiger partial charge in [-0.05, 0) is 43.4 Å². The first-order valence-electron chi connectivity index (χ1n) is 6.89. The lowest BCUT2D eigenvalue weighted by Gasteiger charge is -2.26. The summed E-state index contributed by atoms with van der Waals surface area (Å²) in [7, 11) is 0. The van der Waals surface area contributed by atoms with Crippen LogP contribution in [0.25, 0.3) is 0 Å². The van der Waals surface area contributed by atoms with Gasteiger partial charge in [0.2, 0.25) is 0 Å². The summed E-state index contributed by atoms with van der Waals surface area (Å²) < 4.78 is 0. The van der Waals surface area contributed by atoms with Crippen molar-refractivity contribution in [1.82, 2.24) is 5.32 Å². The predicted molar refractivity (Wildman–Crippen MR) is 83.1 cm³/mol. The second-order valence-corrected chi connectivity index (χ2v) is 6.50. The molecule has 0 radical (unpaired) electrons. The third kappa shape index (κ3) is 2.43. The lowest BCUT2D eigenvalue weighted by molar-refractivity contribution is 0.0937. The number of aryl methyl sites for hydroxylation is 2. The van der Waals surface area contributed by atoms with Gasteiger partial charge in [-0.2, -0.15) is 0 Å². The van der Waals surface area contributed by atoms with Crippen molar-refractivity contribution < 1.29 is 4.79 Å². The number of carbonyl (C=O) groups is 1. The lowest BCUT2D eigenvalue weighted by atomic mass is 9.88. The summed E-state index contributed by atoms with van der Waals surface area (Å²) in [4.78, 5) is 14.0. The van der Waals surface area contributed by atoms with Gasteiger partial charge in [0, 0.05) is 10.6 Å². The summed E-state index contributed by atoms with van der Waals surface area (Å²) in [5, 5.41) is 3.15. The van der Waals surface area contributed by atoms with Gasteiger partial charge in [-0.15, -0.1) is 11.3 Å². The fraction of sp³-hybridized carbons (Fsp3) is 0.312. The maximum Gasteiger partial charge on any atom is 0.261 e. The molecule has 0 aliphatic heterocycles. The Kier molecular flexibility index (Phi) is 3.49. The summed E-state index contributed by atoms with van der Waals surface area (Å²) in [5.41, 5.74) is 9.13. The Bertz CT molecular complexity index is 628. The average Bonchev–Trinajstić information content (AvgIpc) is 2.79. The van der Waals surface area contributed by atoms with Crippen LogP contribution in [0.5, 0.6) is 0 Å². The molecular weight excluding hydrogens is 268 g/mol. The molecule has 1 aromatic carbocycles. The van der Waals surface area contributed by atoms with Crippen LogP contribution >= 0.6 is 11.3 Å². The molecule has 2 aromatic rings. The summed E-state index contributed by atoms with van der Waals surface area (Å²) in [6.45, 7) is 1.94. The first kappa shape index (κ1) is 13.2. The van der Waals surface area contributed by atoms with Crippen LogP contribution < -0.4 is 11.1 Å². The van der Waals surface area contributed by atoms with E-state index in [1.807, 2.05) is 13.0 Å². The molecule has 1 unspecified atom stereocenters. The summed E-state index contributed by atoms with van der Waals surface area (Å²) >= 11 is 1.46. The van der Waals surface area contributed by atoms with E-state index in [4.69, 9.17) is 5.73 Å². The highest BCUT2D eigenvalue weighted by Crippen LogP contribution is 2.30. The number of fused-ring (bicyclic) bond motifs is 1. The van der Waals surface area contributed by atoms with Gasteiger partial charge in [-0.3, -0.25) is 4.79 Å². The second-order valence-electron chi connectivity index (χ2n) is 5.24. The normalized spacial score (nSPS) is 17.6. The Balaban J connectivity index is 1.80. The Morgan fingerprint density at radius 2 is 2.20 bits per heavy atom. The van der Waals surface area contributed by atoms with Crippen molar-refractivity contribution in [2.24, 2.45) is 0 Å². The van der Waals surface area contributed by atoms with Crippen molar-refractivity contribution in [1.29, 1.82) is 0 Å². The van der Waals surface area contributed by atoms with Crippen LogP contribution in [0.3, 0.4) is 0 Å². The number of amides is 1. The van der Waals surface area contributed by atoms with Crippen molar-refractivity contribution in [2.45, 2.75) is 32.2 Å². The van der Waals surface area contributed by atoms with E-state index < -0.39 is 0 Å². The molecule has 0 fully saturated rings. The van der Waals surface area contributed by atoms with Crippen LogP contribution in [0.4, 0.5) is 5.69 Å². The number of thiophene rings is 1. The zero-order chi connectivity index (χ0) is 14.1. The van der Waals surface area contributed by atoms with Gasteiger partial charge < -0.3 is 11.1 Å². The molecule has 1 amide bonds. The van der Waals surface area contributed by atoms with Crippen LogP contribution in [-0.2, 0) is 6.42 Å². The van der Waals surface area contributed by atoms with E-state index >= 15 is 0 Å². The molecule has 4 heteroatoms. The molecule has 3 nitrogen and oxygen atoms in total. The van der Waals surface area contributed by atoms with Crippen molar-refractivity contribution in [2.75, 3.05) is 5.73 Å². The third-order valence-corrected chi connectivity index (χ3v) is 4.92. The molecule has 1 heterocycles. The van der Waals surface area contributed by atoms with Gasteiger partial charge in [0.05, 0.1) is 10.9 Å². The first-order valence-corrected chi connectivity index (χ1v) is 7.71. The number of hydrogen-bond donors (Lipinski definition) is 2. The van der Waals surface area contributed by atoms with E-state index in [1.165, 1.54) is 22.5 Å². The monoisotopic (exact) mass is 286 g/mol. The van der Waals surface area contributed by atoms with Gasteiger partial charge >= 0.3 is 0 Å². The lowest BCUT2D eigenvalue weighted by Crippen LogP contribution is -2.30. The van der Waals surface area contributed by atoms with E-state index in [0.717, 1.165) is 24.1 Å². The molecule has 0 saturated carbocycles. The Morgan fingerprint density at radius 3 is 2.95 bits per heavy atom. The van der Waals surface area contributed by atoms with Crippen molar-refractivity contribution in [3.8, 4) is 0 Å². The highest BCUT2D eigenvalue weighted by Gasteiger charge is 2.22. The van der Waals surface area contributed by atoms with Crippen LogP contribution in [0.2, 0.25) is 0 Å². The summed E-state index contributed by atoms with van der Waals surface area (Å²) in [6.07, 6.45) is 3.23. The Hall–Kier alpha value is -1.81. The first-order chi connectivity index (χ1) is 9.65. The number of nitrogens with two attached hydrogens (primary N) is 1. The molecule has 3 N–H and O–H groups in total. The zero-order valence-electron chi connectivity index (χ0n) is 11.5. The molecule has 1 aliphatic carbocycles. The fourth-order valence-electron chi connectivity index (χ4n) is 2.74. The van der Waals surface area contributed by atoms with E-state index in [9.17, 15) is 4.79 Å². The predicted octanol–water partition coefficient (Wildman–Crippen LogP) is 3.45. The number of rotatable bonds is 2. The van der Waals surface area contributed by atoms with E-state index in [1.54, 1.807) is 6.07 Å². The molecule has 0 saturated heterocycles. The van der Waals surface area contributed by atoms with E-state index in [2.05, 4.69) is 23.5 Å². The topological polar surface area (TPSA) is 55.1 Å². The summed E-state index contributed by atoms with van der Waals surface area (Å²) in [6, 6.07) is 10.3. The van der Waals surface area contributed by atoms with E-state index in [0.29, 0.717) is 10.6 Å². The Morgan fingerprint density at radius 1 is 1.40 bits per heavy atom. The number of benzene rings is 1. The Labute approximate surface area is 122 Å². The minimum Gasteiger partial charge on any atom is -0.398 e. The van der Waals surface area contributed by atoms with Gasteiger partial charge in [0.15, 0.2) is 0 Å². The highest BCUT2D eigenvalue weighted by atomic mass is 32.1. The van der Waals surface area contributed by atoms with Gasteiger partial charge in [-0.25, -0.2) is 0 Å². The molecule has 1 aliphatic rings. The number of carbonyl (C=O) groups excluding carboxylic acids is 1. The molecule has 1 aromatic heterocycles. The summed E-state index contributed by atoms with van der Waals surface area (Å²) in [5.74, 6) is -0.0171. The number of nitrogens with one attached hydrogen (secondary N) is 1. The van der Waals surface area contributed by atoms with Crippen LogP contribution in [0.1, 0.15) is 44.6 Å². The second kappa shape index (κ2) is 5.29. The minimum atomic E-state index is -0.0171. The van der Waals surface area contributed by atoms with Crippen LogP contribution in [-0.4, -0.2) is 5.91 Å². The molecule has 104 valence electrons. The molecule has 3 rings (SSSR count). The molecule has 0 bridgehead atoms. The molecule has 0 spiro atoms. The van der Waals surface area contributed by atoms with E-state index in [-0.39, 0.29) is 11.9 Å². The number of hydrogen-bond acceptors (Lipinski definition) is 3. The smallest absolute Gasteiger partial charge is 0.261 e. The molecule has 1 atom stereocenters. The molecule has 20 heavy (non-hydrogen) atoms. The highest BCUT2D eigenvalue weighted by molar-refractivity contribution is 7.14. The third-order valence-electron chi connectivity index (χ3n) is 3.85. The minimum absolute atomic E-state index is 0.0171.